The predicted molar refractivity (Wildman–Crippen MR) is 63.5 cm³/mol. The highest BCUT2D eigenvalue weighted by atomic mass is 16.3. The summed E-state index contributed by atoms with van der Waals surface area (Å²) in [7, 11) is 0. The van der Waals surface area contributed by atoms with Crippen LogP contribution in [-0.4, -0.2) is 16.0 Å². The van der Waals surface area contributed by atoms with E-state index in [4.69, 9.17) is 0 Å². The summed E-state index contributed by atoms with van der Waals surface area (Å²) in [6, 6.07) is 3.17. The van der Waals surface area contributed by atoms with Crippen LogP contribution >= 0.6 is 0 Å². The molecule has 3 atom stereocenters. The molecule has 17 heavy (non-hydrogen) atoms. The lowest BCUT2D eigenvalue weighted by Crippen LogP contribution is -2.27. The number of pyridine rings is 1. The molecule has 2 aliphatic rings. The number of anilines is 1. The van der Waals surface area contributed by atoms with Crippen molar-refractivity contribution >= 4 is 11.7 Å². The molecule has 0 saturated heterocycles. The normalized spacial score (nSPS) is 30.5. The van der Waals surface area contributed by atoms with Crippen LogP contribution < -0.4 is 5.32 Å². The van der Waals surface area contributed by atoms with E-state index in [1.54, 1.807) is 12.3 Å². The van der Waals surface area contributed by atoms with Crippen molar-refractivity contribution in [1.82, 2.24) is 4.98 Å². The Hall–Kier alpha value is -1.58. The Labute approximate surface area is 100 Å². The fourth-order valence-electron chi connectivity index (χ4n) is 3.27. The van der Waals surface area contributed by atoms with Gasteiger partial charge in [-0.3, -0.25) is 4.79 Å². The summed E-state index contributed by atoms with van der Waals surface area (Å²) >= 11 is 0. The van der Waals surface area contributed by atoms with E-state index in [0.29, 0.717) is 5.92 Å². The number of hydrogen-bond donors (Lipinski definition) is 2. The van der Waals surface area contributed by atoms with Crippen molar-refractivity contribution in [1.29, 1.82) is 0 Å². The third-order valence-corrected chi connectivity index (χ3v) is 4.10. The van der Waals surface area contributed by atoms with E-state index >= 15 is 0 Å². The fourth-order valence-corrected chi connectivity index (χ4v) is 3.27. The number of hydrogen-bond acceptors (Lipinski definition) is 3. The zero-order valence-electron chi connectivity index (χ0n) is 9.60. The van der Waals surface area contributed by atoms with Crippen molar-refractivity contribution in [3.63, 3.8) is 0 Å². The lowest BCUT2D eigenvalue weighted by atomic mass is 9.88. The number of amides is 1. The van der Waals surface area contributed by atoms with E-state index in [1.807, 2.05) is 0 Å². The van der Waals surface area contributed by atoms with Gasteiger partial charge in [-0.1, -0.05) is 6.42 Å². The van der Waals surface area contributed by atoms with Crippen LogP contribution in [0, 0.1) is 17.8 Å². The summed E-state index contributed by atoms with van der Waals surface area (Å²) in [5.74, 6) is 1.74. The summed E-state index contributed by atoms with van der Waals surface area (Å²) in [6.07, 6.45) is 6.23. The van der Waals surface area contributed by atoms with Gasteiger partial charge in [-0.25, -0.2) is 4.98 Å². The van der Waals surface area contributed by atoms with Gasteiger partial charge in [-0.15, -0.1) is 0 Å². The van der Waals surface area contributed by atoms with E-state index in [1.165, 1.54) is 25.3 Å². The molecule has 1 aromatic rings. The number of nitrogens with zero attached hydrogens (tertiary/aromatic N) is 1. The maximum absolute atomic E-state index is 12.1. The molecular formula is C13H16N2O2. The molecule has 2 bridgehead atoms. The van der Waals surface area contributed by atoms with Gasteiger partial charge in [-0.2, -0.15) is 0 Å². The summed E-state index contributed by atoms with van der Waals surface area (Å²) < 4.78 is 0. The molecule has 3 rings (SSSR count). The summed E-state index contributed by atoms with van der Waals surface area (Å²) in [5.41, 5.74) is 0. The number of aromatic nitrogens is 1. The topological polar surface area (TPSA) is 62.2 Å². The summed E-state index contributed by atoms with van der Waals surface area (Å²) in [4.78, 5) is 16.1. The number of carbonyl (C=O) groups is 1. The highest BCUT2D eigenvalue weighted by molar-refractivity contribution is 5.93. The highest BCUT2D eigenvalue weighted by Gasteiger charge is 2.43. The molecule has 2 aliphatic carbocycles. The van der Waals surface area contributed by atoms with Gasteiger partial charge < -0.3 is 10.4 Å². The second kappa shape index (κ2) is 4.02. The van der Waals surface area contributed by atoms with E-state index in [9.17, 15) is 9.90 Å². The van der Waals surface area contributed by atoms with E-state index in [2.05, 4.69) is 10.3 Å². The number of rotatable bonds is 2. The van der Waals surface area contributed by atoms with Gasteiger partial charge >= 0.3 is 0 Å². The van der Waals surface area contributed by atoms with Crippen LogP contribution in [-0.2, 0) is 4.79 Å². The molecule has 0 spiro atoms. The van der Waals surface area contributed by atoms with Crippen LogP contribution in [0.4, 0.5) is 5.82 Å². The summed E-state index contributed by atoms with van der Waals surface area (Å²) in [6.45, 7) is 0. The maximum atomic E-state index is 12.1. The average Bonchev–Trinajstić information content (AvgIpc) is 2.94. The van der Waals surface area contributed by atoms with Gasteiger partial charge in [0.15, 0.2) is 11.6 Å². The van der Waals surface area contributed by atoms with Crippen molar-refractivity contribution in [3.8, 4) is 5.75 Å². The van der Waals surface area contributed by atoms with Crippen molar-refractivity contribution in [3.05, 3.63) is 18.3 Å². The first-order chi connectivity index (χ1) is 8.24. The van der Waals surface area contributed by atoms with Crippen molar-refractivity contribution in [2.75, 3.05) is 5.32 Å². The van der Waals surface area contributed by atoms with Gasteiger partial charge in [-0.05, 0) is 43.2 Å². The largest absolute Gasteiger partial charge is 0.504 e. The van der Waals surface area contributed by atoms with E-state index in [0.717, 1.165) is 12.3 Å². The molecule has 0 aliphatic heterocycles. The molecule has 1 amide bonds. The van der Waals surface area contributed by atoms with E-state index in [-0.39, 0.29) is 23.4 Å². The monoisotopic (exact) mass is 232 g/mol. The first-order valence-electron chi connectivity index (χ1n) is 6.19. The predicted octanol–water partition coefficient (Wildman–Crippen LogP) is 2.16. The second-order valence-corrected chi connectivity index (χ2v) is 5.14. The van der Waals surface area contributed by atoms with Gasteiger partial charge in [0.2, 0.25) is 5.91 Å². The SMILES string of the molecule is O=C(Nc1ncccc1O)C1CC2CCC1C2. The maximum Gasteiger partial charge on any atom is 0.229 e. The molecule has 2 saturated carbocycles. The van der Waals surface area contributed by atoms with Crippen LogP contribution in [0.1, 0.15) is 25.7 Å². The lowest BCUT2D eigenvalue weighted by Gasteiger charge is -2.20. The Morgan fingerprint density at radius 3 is 2.94 bits per heavy atom. The van der Waals surface area contributed by atoms with Crippen LogP contribution in [0.2, 0.25) is 0 Å². The molecular weight excluding hydrogens is 216 g/mol. The van der Waals surface area contributed by atoms with Crippen molar-refractivity contribution in [2.24, 2.45) is 17.8 Å². The first-order valence-corrected chi connectivity index (χ1v) is 6.19. The Morgan fingerprint density at radius 1 is 1.41 bits per heavy atom. The fraction of sp³-hybridized carbons (Fsp3) is 0.538. The van der Waals surface area contributed by atoms with Crippen LogP contribution in [0.25, 0.3) is 0 Å². The van der Waals surface area contributed by atoms with Crippen molar-refractivity contribution in [2.45, 2.75) is 25.7 Å². The molecule has 0 aromatic carbocycles. The molecule has 2 N–H and O–H groups in total. The smallest absolute Gasteiger partial charge is 0.229 e. The Bertz CT molecular complexity index is 447. The minimum Gasteiger partial charge on any atom is -0.504 e. The Kier molecular flexibility index (Phi) is 2.50. The molecule has 90 valence electrons. The zero-order chi connectivity index (χ0) is 11.8. The Morgan fingerprint density at radius 2 is 2.29 bits per heavy atom. The number of nitrogens with one attached hydrogen (secondary N) is 1. The average molecular weight is 232 g/mol. The van der Waals surface area contributed by atoms with E-state index < -0.39 is 0 Å². The quantitative estimate of drug-likeness (QED) is 0.821. The highest BCUT2D eigenvalue weighted by Crippen LogP contribution is 2.48. The number of aromatic hydroxyl groups is 1. The second-order valence-electron chi connectivity index (χ2n) is 5.14. The van der Waals surface area contributed by atoms with Gasteiger partial charge in [0.1, 0.15) is 0 Å². The third kappa shape index (κ3) is 1.88. The van der Waals surface area contributed by atoms with Crippen molar-refractivity contribution < 1.29 is 9.90 Å². The first kappa shape index (κ1) is 10.6. The number of fused-ring (bicyclic) bond motifs is 2. The van der Waals surface area contributed by atoms with Crippen LogP contribution in [0.15, 0.2) is 18.3 Å². The minimum atomic E-state index is 0.0196. The molecule has 1 aromatic heterocycles. The molecule has 4 nitrogen and oxygen atoms in total. The van der Waals surface area contributed by atoms with Crippen LogP contribution in [0.3, 0.4) is 0 Å². The lowest BCUT2D eigenvalue weighted by molar-refractivity contribution is -0.121. The third-order valence-electron chi connectivity index (χ3n) is 4.10. The standard InChI is InChI=1S/C13H16N2O2/c16-11-2-1-5-14-12(11)15-13(17)10-7-8-3-4-9(10)6-8/h1-2,5,8-10,16H,3-4,6-7H2,(H,14,15,17). The molecule has 3 unspecified atom stereocenters. The van der Waals surface area contributed by atoms with Gasteiger partial charge in [0, 0.05) is 12.1 Å². The molecule has 4 heteroatoms. The summed E-state index contributed by atoms with van der Waals surface area (Å²) in [5, 5.41) is 12.3. The molecule has 2 fully saturated rings. The Balaban J connectivity index is 1.70. The van der Waals surface area contributed by atoms with Gasteiger partial charge in [0.05, 0.1) is 0 Å². The molecule has 0 radical (unpaired) electrons. The minimum absolute atomic E-state index is 0.0196. The van der Waals surface area contributed by atoms with Gasteiger partial charge in [0.25, 0.3) is 0 Å². The zero-order valence-corrected chi connectivity index (χ0v) is 9.60. The molecule has 1 heterocycles. The van der Waals surface area contributed by atoms with Crippen LogP contribution in [0.5, 0.6) is 5.75 Å². The number of carbonyl (C=O) groups excluding carboxylic acids is 1.